The molecule has 1 N–H and O–H groups in total. The molecular formula is C6H7O5. The lowest BCUT2D eigenvalue weighted by Gasteiger charge is -1.95. The zero-order valence-corrected chi connectivity index (χ0v) is 5.65. The second-order valence-corrected chi connectivity index (χ2v) is 1.54. The summed E-state index contributed by atoms with van der Waals surface area (Å²) in [6, 6.07) is 0. The third kappa shape index (κ3) is 6.53. The molecule has 5 heteroatoms. The Labute approximate surface area is 62.9 Å². The second-order valence-electron chi connectivity index (χ2n) is 1.54. The number of hydrogen-bond acceptors (Lipinski definition) is 4. The highest BCUT2D eigenvalue weighted by Crippen LogP contribution is 1.81. The minimum absolute atomic E-state index is 0.143. The monoisotopic (exact) mass is 159 g/mol. The summed E-state index contributed by atoms with van der Waals surface area (Å²) >= 11 is 0. The zero-order chi connectivity index (χ0) is 8.69. The number of carbonyl (C=O) groups is 2. The van der Waals surface area contributed by atoms with Crippen molar-refractivity contribution in [2.45, 2.75) is 0 Å². The molecule has 1 radical (unpaired) electrons. The highest BCUT2D eigenvalue weighted by Gasteiger charge is 1.97. The fourth-order valence-electron chi connectivity index (χ4n) is 0.330. The average Bonchev–Trinajstić information content (AvgIpc) is 1.97. The normalized spacial score (nSPS) is 9.91. The third-order valence-electron chi connectivity index (χ3n) is 0.691. The minimum Gasteiger partial charge on any atom is -0.460 e. The van der Waals surface area contributed by atoms with Crippen LogP contribution >= 0.6 is 0 Å². The first-order chi connectivity index (χ1) is 5.16. The van der Waals surface area contributed by atoms with Crippen molar-refractivity contribution in [2.75, 3.05) is 13.2 Å². The van der Waals surface area contributed by atoms with Crippen LogP contribution in [0.4, 0.5) is 0 Å². The Morgan fingerprint density at radius 3 is 2.45 bits per heavy atom. The molecule has 11 heavy (non-hydrogen) atoms. The molecule has 0 unspecified atom stereocenters. The van der Waals surface area contributed by atoms with Gasteiger partial charge in [0.15, 0.2) is 0 Å². The van der Waals surface area contributed by atoms with Crippen LogP contribution in [0.2, 0.25) is 0 Å². The topological polar surface area (TPSA) is 83.5 Å². The molecule has 0 saturated heterocycles. The van der Waals surface area contributed by atoms with Gasteiger partial charge in [0.05, 0.1) is 6.61 Å². The van der Waals surface area contributed by atoms with E-state index < -0.39 is 11.9 Å². The highest BCUT2D eigenvalue weighted by atomic mass is 16.5. The second kappa shape index (κ2) is 5.43. The first-order valence-electron chi connectivity index (χ1n) is 2.83. The highest BCUT2D eigenvalue weighted by molar-refractivity contribution is 5.90. The molecule has 0 fully saturated rings. The minimum atomic E-state index is -1.47. The average molecular weight is 159 g/mol. The summed E-state index contributed by atoms with van der Waals surface area (Å²) in [5.41, 5.74) is 0. The van der Waals surface area contributed by atoms with Crippen molar-refractivity contribution in [1.82, 2.24) is 0 Å². The van der Waals surface area contributed by atoms with Gasteiger partial charge < -0.3 is 9.84 Å². The maximum atomic E-state index is 10.4. The largest absolute Gasteiger partial charge is 0.460 e. The molecule has 0 saturated carbocycles. The van der Waals surface area contributed by atoms with Crippen molar-refractivity contribution in [1.29, 1.82) is 0 Å². The van der Waals surface area contributed by atoms with Gasteiger partial charge in [-0.3, -0.25) is 0 Å². The Morgan fingerprint density at radius 2 is 2.00 bits per heavy atom. The van der Waals surface area contributed by atoms with Crippen molar-refractivity contribution in [3.05, 3.63) is 12.2 Å². The van der Waals surface area contributed by atoms with Crippen LogP contribution in [0.15, 0.2) is 12.2 Å². The lowest BCUT2D eigenvalue weighted by atomic mass is 10.5. The molecule has 0 aromatic carbocycles. The standard InChI is InChI=1S/C6H7O5/c7-3-4-11-6(10)2-1-5(8)9/h1-2,7H,3-4H2. The van der Waals surface area contributed by atoms with E-state index in [-0.39, 0.29) is 13.2 Å². The van der Waals surface area contributed by atoms with Crippen LogP contribution in [0.3, 0.4) is 0 Å². The van der Waals surface area contributed by atoms with Gasteiger partial charge >= 0.3 is 11.9 Å². The molecule has 0 aliphatic heterocycles. The Hall–Kier alpha value is -1.36. The predicted octanol–water partition coefficient (Wildman–Crippen LogP) is -0.965. The van der Waals surface area contributed by atoms with Crippen molar-refractivity contribution in [3.63, 3.8) is 0 Å². The molecule has 0 aliphatic carbocycles. The maximum Gasteiger partial charge on any atom is 0.379 e. The maximum absolute atomic E-state index is 10.4. The zero-order valence-electron chi connectivity index (χ0n) is 5.65. The first-order valence-corrected chi connectivity index (χ1v) is 2.83. The van der Waals surface area contributed by atoms with Gasteiger partial charge in [0.1, 0.15) is 6.61 Å². The van der Waals surface area contributed by atoms with Crippen LogP contribution in [-0.2, 0) is 19.4 Å². The molecule has 0 spiro atoms. The van der Waals surface area contributed by atoms with Crippen LogP contribution < -0.4 is 0 Å². The van der Waals surface area contributed by atoms with E-state index in [0.29, 0.717) is 12.2 Å². The van der Waals surface area contributed by atoms with Crippen LogP contribution in [0, 0.1) is 0 Å². The van der Waals surface area contributed by atoms with E-state index in [9.17, 15) is 14.7 Å². The summed E-state index contributed by atoms with van der Waals surface area (Å²) in [5, 5.41) is 17.9. The third-order valence-corrected chi connectivity index (χ3v) is 0.691. The number of hydrogen-bond donors (Lipinski definition) is 1. The Bertz CT molecular complexity index is 172. The summed E-state index contributed by atoms with van der Waals surface area (Å²) < 4.78 is 4.27. The lowest BCUT2D eigenvalue weighted by Crippen LogP contribution is -2.05. The van der Waals surface area contributed by atoms with Crippen molar-refractivity contribution in [3.8, 4) is 0 Å². The fraction of sp³-hybridized carbons (Fsp3) is 0.333. The van der Waals surface area contributed by atoms with Gasteiger partial charge in [0.2, 0.25) is 0 Å². The SMILES string of the molecule is [O]C(=O)C=CC(=O)OCCO. The molecule has 0 heterocycles. The van der Waals surface area contributed by atoms with Crippen LogP contribution in [0.5, 0.6) is 0 Å². The summed E-state index contributed by atoms with van der Waals surface area (Å²) in [6.45, 7) is -0.429. The summed E-state index contributed by atoms with van der Waals surface area (Å²) in [7, 11) is 0. The van der Waals surface area contributed by atoms with E-state index in [0.717, 1.165) is 0 Å². The van der Waals surface area contributed by atoms with Crippen LogP contribution in [0.25, 0.3) is 0 Å². The van der Waals surface area contributed by atoms with Gasteiger partial charge in [-0.25, -0.2) is 14.7 Å². The van der Waals surface area contributed by atoms with Crippen LogP contribution in [-0.4, -0.2) is 30.3 Å². The molecule has 0 aromatic rings. The molecule has 5 nitrogen and oxygen atoms in total. The molecule has 0 amide bonds. The number of aliphatic hydroxyl groups is 1. The number of carbonyl (C=O) groups excluding carboxylic acids is 2. The molecule has 0 aromatic heterocycles. The van der Waals surface area contributed by atoms with E-state index in [1.165, 1.54) is 0 Å². The van der Waals surface area contributed by atoms with E-state index >= 15 is 0 Å². The summed E-state index contributed by atoms with van der Waals surface area (Å²) in [5.74, 6) is -2.28. The van der Waals surface area contributed by atoms with Gasteiger partial charge in [0.25, 0.3) is 0 Å². The van der Waals surface area contributed by atoms with E-state index in [1.807, 2.05) is 0 Å². The summed E-state index contributed by atoms with van der Waals surface area (Å²) in [4.78, 5) is 20.1. The number of rotatable bonds is 4. The first kappa shape index (κ1) is 9.64. The molecule has 0 bridgehead atoms. The van der Waals surface area contributed by atoms with E-state index in [1.54, 1.807) is 0 Å². The quantitative estimate of drug-likeness (QED) is 0.422. The van der Waals surface area contributed by atoms with Gasteiger partial charge in [-0.05, 0) is 0 Å². The molecular weight excluding hydrogens is 152 g/mol. The Morgan fingerprint density at radius 1 is 1.36 bits per heavy atom. The number of esters is 1. The van der Waals surface area contributed by atoms with Crippen molar-refractivity contribution < 1.29 is 24.5 Å². The van der Waals surface area contributed by atoms with E-state index in [2.05, 4.69) is 4.74 Å². The Balaban J connectivity index is 3.60. The number of ether oxygens (including phenoxy) is 1. The predicted molar refractivity (Wildman–Crippen MR) is 32.9 cm³/mol. The smallest absolute Gasteiger partial charge is 0.379 e. The fourth-order valence-corrected chi connectivity index (χ4v) is 0.330. The van der Waals surface area contributed by atoms with Gasteiger partial charge in [-0.15, -0.1) is 0 Å². The Kier molecular flexibility index (Phi) is 4.76. The van der Waals surface area contributed by atoms with Crippen molar-refractivity contribution >= 4 is 11.9 Å². The van der Waals surface area contributed by atoms with Crippen LogP contribution in [0.1, 0.15) is 0 Å². The van der Waals surface area contributed by atoms with Gasteiger partial charge in [-0.2, -0.15) is 0 Å². The lowest BCUT2D eigenvalue weighted by molar-refractivity contribution is -0.140. The summed E-state index contributed by atoms with van der Waals surface area (Å²) in [6.07, 6.45) is 1.27. The molecule has 0 rings (SSSR count). The molecule has 61 valence electrons. The number of aliphatic hydroxyl groups excluding tert-OH is 1. The van der Waals surface area contributed by atoms with Crippen molar-refractivity contribution in [2.24, 2.45) is 0 Å². The van der Waals surface area contributed by atoms with Gasteiger partial charge in [0, 0.05) is 12.2 Å². The van der Waals surface area contributed by atoms with E-state index in [4.69, 9.17) is 5.11 Å². The van der Waals surface area contributed by atoms with Gasteiger partial charge in [-0.1, -0.05) is 0 Å². The molecule has 0 atom stereocenters. The molecule has 0 aliphatic rings.